The molecule has 0 heterocycles. The molecule has 0 aliphatic rings. The van der Waals surface area contributed by atoms with Crippen LogP contribution in [-0.4, -0.2) is 37.1 Å². The van der Waals surface area contributed by atoms with Crippen molar-refractivity contribution in [3.63, 3.8) is 0 Å². The summed E-state index contributed by atoms with van der Waals surface area (Å²) >= 11 is 6.84. The Morgan fingerprint density at radius 1 is 1.42 bits per heavy atom. The molecule has 0 fully saturated rings. The van der Waals surface area contributed by atoms with Crippen molar-refractivity contribution in [3.05, 3.63) is 32.7 Å². The zero-order valence-electron chi connectivity index (χ0n) is 11.5. The summed E-state index contributed by atoms with van der Waals surface area (Å²) in [4.78, 5) is 14.5. The number of halogens is 2. The lowest BCUT2D eigenvalue weighted by atomic mass is 10.1. The summed E-state index contributed by atoms with van der Waals surface area (Å²) in [5, 5.41) is 0. The second kappa shape index (κ2) is 8.02. The van der Waals surface area contributed by atoms with Gasteiger partial charge in [-0.25, -0.2) is 0 Å². The Hall–Kier alpha value is -0.390. The van der Waals surface area contributed by atoms with Crippen molar-refractivity contribution in [2.75, 3.05) is 20.3 Å². The second-order valence-corrected chi connectivity index (χ2v) is 6.14. The van der Waals surface area contributed by atoms with Crippen LogP contribution in [0.3, 0.4) is 0 Å². The lowest BCUT2D eigenvalue weighted by Gasteiger charge is -2.28. The summed E-state index contributed by atoms with van der Waals surface area (Å²) in [6.45, 7) is 5.28. The van der Waals surface area contributed by atoms with Crippen LogP contribution in [0, 0.1) is 0 Å². The summed E-state index contributed by atoms with van der Waals surface area (Å²) in [6.07, 6.45) is 0.920. The van der Waals surface area contributed by atoms with Gasteiger partial charge < -0.3 is 9.64 Å². The maximum absolute atomic E-state index is 12.6. The minimum Gasteiger partial charge on any atom is -0.383 e. The zero-order chi connectivity index (χ0) is 14.4. The van der Waals surface area contributed by atoms with E-state index in [-0.39, 0.29) is 11.9 Å². The largest absolute Gasteiger partial charge is 0.383 e. The number of carbonyl (C=O) groups excluding carboxylic acids is 1. The van der Waals surface area contributed by atoms with Gasteiger partial charge in [-0.3, -0.25) is 4.79 Å². The standard InChI is InChI=1S/C14H19Br2NO2/c1-4-10(2)17(7-8-19-3)14(18)12-6-5-11(15)9-13(12)16/h5-6,9-10H,4,7-8H2,1-3H3. The predicted octanol–water partition coefficient (Wildman–Crippen LogP) is 4.10. The van der Waals surface area contributed by atoms with Gasteiger partial charge in [0.15, 0.2) is 0 Å². The number of methoxy groups -OCH3 is 1. The Kier molecular flexibility index (Phi) is 7.04. The Morgan fingerprint density at radius 3 is 2.63 bits per heavy atom. The number of rotatable bonds is 6. The van der Waals surface area contributed by atoms with Crippen LogP contribution >= 0.6 is 31.9 Å². The van der Waals surface area contributed by atoms with Crippen molar-refractivity contribution in [3.8, 4) is 0 Å². The van der Waals surface area contributed by atoms with E-state index in [1.165, 1.54) is 0 Å². The number of carbonyl (C=O) groups is 1. The molecule has 106 valence electrons. The lowest BCUT2D eigenvalue weighted by molar-refractivity contribution is 0.0613. The molecular weight excluding hydrogens is 374 g/mol. The fourth-order valence-electron chi connectivity index (χ4n) is 1.75. The monoisotopic (exact) mass is 391 g/mol. The average molecular weight is 393 g/mol. The molecule has 1 aromatic carbocycles. The Balaban J connectivity index is 2.97. The molecule has 1 aromatic rings. The molecule has 0 spiro atoms. The maximum atomic E-state index is 12.6. The number of hydrogen-bond acceptors (Lipinski definition) is 2. The van der Waals surface area contributed by atoms with Gasteiger partial charge in [0, 0.05) is 28.6 Å². The molecule has 0 aliphatic carbocycles. The predicted molar refractivity (Wildman–Crippen MR) is 84.5 cm³/mol. The average Bonchev–Trinajstić information content (AvgIpc) is 2.38. The molecule has 0 aromatic heterocycles. The van der Waals surface area contributed by atoms with Crippen molar-refractivity contribution in [1.29, 1.82) is 0 Å². The van der Waals surface area contributed by atoms with Gasteiger partial charge in [-0.15, -0.1) is 0 Å². The fraction of sp³-hybridized carbons (Fsp3) is 0.500. The van der Waals surface area contributed by atoms with Crippen molar-refractivity contribution in [2.24, 2.45) is 0 Å². The number of hydrogen-bond donors (Lipinski definition) is 0. The Labute approximate surface area is 131 Å². The lowest BCUT2D eigenvalue weighted by Crippen LogP contribution is -2.40. The topological polar surface area (TPSA) is 29.5 Å². The minimum absolute atomic E-state index is 0.0331. The van der Waals surface area contributed by atoms with Crippen LogP contribution in [0.4, 0.5) is 0 Å². The van der Waals surface area contributed by atoms with E-state index < -0.39 is 0 Å². The van der Waals surface area contributed by atoms with Crippen molar-refractivity contribution < 1.29 is 9.53 Å². The first kappa shape index (κ1) is 16.7. The fourth-order valence-corrected chi connectivity index (χ4v) is 2.97. The first-order valence-electron chi connectivity index (χ1n) is 6.26. The molecule has 1 unspecified atom stereocenters. The summed E-state index contributed by atoms with van der Waals surface area (Å²) in [7, 11) is 1.65. The van der Waals surface area contributed by atoms with E-state index >= 15 is 0 Å². The number of benzene rings is 1. The highest BCUT2D eigenvalue weighted by Crippen LogP contribution is 2.24. The summed E-state index contributed by atoms with van der Waals surface area (Å²) in [5.41, 5.74) is 0.680. The molecule has 0 N–H and O–H groups in total. The van der Waals surface area contributed by atoms with Gasteiger partial charge >= 0.3 is 0 Å². The normalized spacial score (nSPS) is 12.3. The maximum Gasteiger partial charge on any atom is 0.255 e. The highest BCUT2D eigenvalue weighted by molar-refractivity contribution is 9.11. The summed E-state index contributed by atoms with van der Waals surface area (Å²) in [5.74, 6) is 0.0331. The quantitative estimate of drug-likeness (QED) is 0.729. The van der Waals surface area contributed by atoms with Gasteiger partial charge in [0.2, 0.25) is 0 Å². The number of nitrogens with zero attached hydrogens (tertiary/aromatic N) is 1. The Morgan fingerprint density at radius 2 is 2.11 bits per heavy atom. The van der Waals surface area contributed by atoms with Crippen LogP contribution in [-0.2, 0) is 4.74 Å². The van der Waals surface area contributed by atoms with Crippen molar-refractivity contribution in [2.45, 2.75) is 26.3 Å². The molecule has 1 amide bonds. The van der Waals surface area contributed by atoms with Crippen LogP contribution in [0.1, 0.15) is 30.6 Å². The highest BCUT2D eigenvalue weighted by Gasteiger charge is 2.21. The van der Waals surface area contributed by atoms with Gasteiger partial charge in [-0.2, -0.15) is 0 Å². The van der Waals surface area contributed by atoms with E-state index in [1.54, 1.807) is 7.11 Å². The third-order valence-corrected chi connectivity index (χ3v) is 4.23. The van der Waals surface area contributed by atoms with Gasteiger partial charge in [-0.1, -0.05) is 22.9 Å². The zero-order valence-corrected chi connectivity index (χ0v) is 14.6. The molecule has 19 heavy (non-hydrogen) atoms. The van der Waals surface area contributed by atoms with Gasteiger partial charge in [0.1, 0.15) is 0 Å². The number of ether oxygens (including phenoxy) is 1. The van der Waals surface area contributed by atoms with Crippen LogP contribution in [0.2, 0.25) is 0 Å². The minimum atomic E-state index is 0.0331. The van der Waals surface area contributed by atoms with E-state index in [1.807, 2.05) is 23.1 Å². The van der Waals surface area contributed by atoms with Gasteiger partial charge in [-0.05, 0) is 47.5 Å². The van der Waals surface area contributed by atoms with E-state index in [0.717, 1.165) is 15.4 Å². The molecule has 0 bridgehead atoms. The van der Waals surface area contributed by atoms with Gasteiger partial charge in [0.05, 0.1) is 12.2 Å². The van der Waals surface area contributed by atoms with E-state index in [9.17, 15) is 4.79 Å². The molecule has 3 nitrogen and oxygen atoms in total. The molecule has 1 atom stereocenters. The van der Waals surface area contributed by atoms with E-state index in [4.69, 9.17) is 4.74 Å². The highest BCUT2D eigenvalue weighted by atomic mass is 79.9. The first-order chi connectivity index (χ1) is 9.01. The molecule has 0 saturated heterocycles. The smallest absolute Gasteiger partial charge is 0.255 e. The Bertz CT molecular complexity index is 437. The van der Waals surface area contributed by atoms with Gasteiger partial charge in [0.25, 0.3) is 5.91 Å². The van der Waals surface area contributed by atoms with Crippen LogP contribution in [0.15, 0.2) is 27.1 Å². The molecule has 1 rings (SSSR count). The first-order valence-corrected chi connectivity index (χ1v) is 7.84. The molecule has 0 aliphatic heterocycles. The molecule has 5 heteroatoms. The van der Waals surface area contributed by atoms with Crippen LogP contribution in [0.5, 0.6) is 0 Å². The van der Waals surface area contributed by atoms with Crippen LogP contribution < -0.4 is 0 Å². The third-order valence-electron chi connectivity index (χ3n) is 3.08. The summed E-state index contributed by atoms with van der Waals surface area (Å²) in [6, 6.07) is 5.79. The second-order valence-electron chi connectivity index (χ2n) is 4.37. The third kappa shape index (κ3) is 4.58. The molecule has 0 saturated carbocycles. The van der Waals surface area contributed by atoms with Crippen LogP contribution in [0.25, 0.3) is 0 Å². The summed E-state index contributed by atoms with van der Waals surface area (Å²) < 4.78 is 6.84. The molecule has 0 radical (unpaired) electrons. The SMILES string of the molecule is CCC(C)N(CCOC)C(=O)c1ccc(Br)cc1Br. The van der Waals surface area contributed by atoms with E-state index in [2.05, 4.69) is 45.7 Å². The number of amides is 1. The van der Waals surface area contributed by atoms with E-state index in [0.29, 0.717) is 18.7 Å². The van der Waals surface area contributed by atoms with Crippen molar-refractivity contribution in [1.82, 2.24) is 4.90 Å². The molecular formula is C14H19Br2NO2. The van der Waals surface area contributed by atoms with Crippen molar-refractivity contribution >= 4 is 37.8 Å².